The minimum absolute atomic E-state index is 0.0882. The van der Waals surface area contributed by atoms with Crippen LogP contribution < -0.4 is 21.3 Å². The third-order valence-electron chi connectivity index (χ3n) is 16.1. The number of imidazole rings is 4. The van der Waals surface area contributed by atoms with E-state index in [1.807, 2.05) is 183 Å². The van der Waals surface area contributed by atoms with Crippen molar-refractivity contribution in [2.75, 3.05) is 21.3 Å². The average Bonchev–Trinajstić information content (AvgIpc) is 1.66. The number of benzene rings is 7. The SMILES string of the molecule is O=C(Cn1c(-c2ccccc2)nc2ccccc21)Nc1ccc(Cl)nc1.O=C(Cn1c(C2=CCC=N2)nc2ccccc21)Nc1ccc(Cl)nc1.[C-]#[N+]c1ccc(NC(=O)Cn2c(C3=CCC=N3)nc3ccccc32)cc1.[C-]#[N+]c1ccc(NC(=O)Cn2c(C3=CCC=N3)nc3ccccc32)cc1Cl. The summed E-state index contributed by atoms with van der Waals surface area (Å²) in [6.07, 6.45) is 16.8. The van der Waals surface area contributed by atoms with Gasteiger partial charge in [-0.2, -0.15) is 0 Å². The zero-order chi connectivity index (χ0) is 71.9. The molecular weight excluding hydrogens is 1370 g/mol. The lowest BCUT2D eigenvalue weighted by Crippen LogP contribution is -2.20. The second kappa shape index (κ2) is 32.3. The Balaban J connectivity index is 0.000000123. The molecule has 13 aromatic rings. The van der Waals surface area contributed by atoms with Crippen LogP contribution in [0.25, 0.3) is 82.3 Å². The number of halogens is 3. The van der Waals surface area contributed by atoms with Crippen LogP contribution in [0.5, 0.6) is 0 Å². The maximum atomic E-state index is 12.6. The number of carbonyl (C=O) groups is 4. The van der Waals surface area contributed by atoms with E-state index >= 15 is 0 Å². The van der Waals surface area contributed by atoms with Crippen LogP contribution in [0.1, 0.15) is 36.7 Å². The maximum absolute atomic E-state index is 12.6. The molecule has 23 nitrogen and oxygen atoms in total. The summed E-state index contributed by atoms with van der Waals surface area (Å²) in [5.74, 6) is 2.11. The van der Waals surface area contributed by atoms with Crippen molar-refractivity contribution < 1.29 is 19.2 Å². The van der Waals surface area contributed by atoms with Crippen LogP contribution in [0.3, 0.4) is 0 Å². The molecule has 510 valence electrons. The van der Waals surface area contributed by atoms with E-state index in [1.165, 1.54) is 12.4 Å². The van der Waals surface area contributed by atoms with Gasteiger partial charge in [0.15, 0.2) is 23.2 Å². The van der Waals surface area contributed by atoms with Gasteiger partial charge in [0.05, 0.1) is 81.0 Å². The van der Waals surface area contributed by atoms with Crippen molar-refractivity contribution in [1.82, 2.24) is 48.2 Å². The van der Waals surface area contributed by atoms with Gasteiger partial charge >= 0.3 is 0 Å². The zero-order valence-electron chi connectivity index (χ0n) is 55.0. The number of rotatable bonds is 16. The lowest BCUT2D eigenvalue weighted by Gasteiger charge is -2.10. The first-order valence-electron chi connectivity index (χ1n) is 32.4. The minimum Gasteiger partial charge on any atom is -0.325 e. The number of aromatic nitrogens is 10. The average molecular weight is 1430 g/mol. The number of amides is 4. The number of carbonyl (C=O) groups excluding carboxylic acids is 4. The van der Waals surface area contributed by atoms with Gasteiger partial charge in [0.2, 0.25) is 29.3 Å². The molecule has 4 amide bonds. The van der Waals surface area contributed by atoms with Crippen LogP contribution in [-0.4, -0.2) is 90.4 Å². The van der Waals surface area contributed by atoms with E-state index in [0.717, 1.165) is 91.9 Å². The van der Waals surface area contributed by atoms with Crippen LogP contribution in [0, 0.1) is 13.1 Å². The van der Waals surface area contributed by atoms with E-state index in [4.69, 9.17) is 52.9 Å². The topological polar surface area (TPSA) is 259 Å². The second-order valence-corrected chi connectivity index (χ2v) is 24.4. The molecule has 16 rings (SSSR count). The molecule has 3 aliphatic heterocycles. The van der Waals surface area contributed by atoms with Gasteiger partial charge < -0.3 is 39.5 Å². The Morgan fingerprint density at radius 3 is 1.09 bits per heavy atom. The van der Waals surface area contributed by atoms with E-state index in [0.29, 0.717) is 66.9 Å². The molecule has 0 atom stereocenters. The molecule has 26 heteroatoms. The summed E-state index contributed by atoms with van der Waals surface area (Å²) in [5.41, 5.74) is 13.5. The van der Waals surface area contributed by atoms with Gasteiger partial charge in [0.1, 0.15) is 59.4 Å². The monoisotopic (exact) mass is 1430 g/mol. The number of nitrogens with one attached hydrogen (secondary N) is 4. The Hall–Kier alpha value is -13.3. The Labute approximate surface area is 609 Å². The highest BCUT2D eigenvalue weighted by molar-refractivity contribution is 6.33. The molecule has 4 N–H and O–H groups in total. The highest BCUT2D eigenvalue weighted by Crippen LogP contribution is 2.32. The van der Waals surface area contributed by atoms with Gasteiger partial charge in [-0.25, -0.2) is 39.6 Å². The first-order chi connectivity index (χ1) is 50.8. The Morgan fingerprint density at radius 2 is 0.731 bits per heavy atom. The van der Waals surface area contributed by atoms with Crippen LogP contribution in [0.15, 0.2) is 240 Å². The quantitative estimate of drug-likeness (QED) is 0.0525. The lowest BCUT2D eigenvalue weighted by atomic mass is 10.2. The summed E-state index contributed by atoms with van der Waals surface area (Å²) in [4.78, 5) is 96.6. The fraction of sp³-hybridized carbons (Fsp3) is 0.0897. The third kappa shape index (κ3) is 16.6. The number of nitrogens with zero attached hydrogens (tertiary/aromatic N) is 15. The maximum Gasteiger partial charge on any atom is 0.244 e. The molecule has 7 aromatic carbocycles. The molecule has 0 saturated carbocycles. The Bertz CT molecular complexity index is 5700. The van der Waals surface area contributed by atoms with Crippen molar-refractivity contribution >= 4 is 172 Å². The molecular formula is C78H58Cl3N19O4. The van der Waals surface area contributed by atoms with Gasteiger partial charge in [0.25, 0.3) is 0 Å². The molecule has 6 aromatic heterocycles. The van der Waals surface area contributed by atoms with E-state index in [-0.39, 0.29) is 49.8 Å². The molecule has 0 unspecified atom stereocenters. The molecule has 104 heavy (non-hydrogen) atoms. The van der Waals surface area contributed by atoms with Crippen molar-refractivity contribution in [3.05, 3.63) is 280 Å². The fourth-order valence-electron chi connectivity index (χ4n) is 11.5. The molecule has 0 spiro atoms. The molecule has 0 saturated heterocycles. The van der Waals surface area contributed by atoms with Gasteiger partial charge in [0, 0.05) is 59.9 Å². The van der Waals surface area contributed by atoms with E-state index < -0.39 is 0 Å². The standard InChI is InChI=1S/C20H14ClN5O.C20H15ClN4O.C20H15N5O.C18H14ClN5O/c1-22-15-9-8-13(11-14(15)21)24-19(27)12-26-18-7-3-2-5-16(18)25-20(26)17-6-4-10-23-17;21-18-11-10-15(12-22-18)23-19(26)13-25-17-9-5-4-8-16(17)24-20(25)14-6-2-1-3-7-14;1-21-14-8-10-15(11-9-14)23-19(26)13-25-18-7-3-2-5-16(18)24-20(25)17-6-4-12-22-17;19-16-8-7-12(10-21-16)22-17(25)11-24-15-6-2-1-4-13(15)23-18(24)14-5-3-9-20-14/h2-3,5-11H,4,12H2,(H,24,27);1-12H,13H2,(H,23,26);2-3,5-12H,4,13H2,(H,23,26);1-2,4-10H,3,11H2,(H,22,25). The molecule has 0 radical (unpaired) electrons. The van der Waals surface area contributed by atoms with Crippen molar-refractivity contribution in [3.8, 4) is 11.4 Å². The van der Waals surface area contributed by atoms with Crippen LogP contribution in [-0.2, 0) is 45.4 Å². The molecule has 9 heterocycles. The Kier molecular flexibility index (Phi) is 21.5. The molecule has 0 bridgehead atoms. The molecule has 3 aliphatic rings. The number of fused-ring (bicyclic) bond motifs is 4. The van der Waals surface area contributed by atoms with Gasteiger partial charge in [-0.3, -0.25) is 34.2 Å². The van der Waals surface area contributed by atoms with Crippen LogP contribution in [0.4, 0.5) is 34.1 Å². The predicted octanol–water partition coefficient (Wildman–Crippen LogP) is 16.7. The summed E-state index contributed by atoms with van der Waals surface area (Å²) in [6, 6.07) is 59.1. The fourth-order valence-corrected chi connectivity index (χ4v) is 11.9. The van der Waals surface area contributed by atoms with Crippen LogP contribution in [0.2, 0.25) is 15.3 Å². The number of aliphatic imine (C=N–C) groups is 3. The number of hydrogen-bond acceptors (Lipinski definition) is 13. The first-order valence-corrected chi connectivity index (χ1v) is 33.6. The van der Waals surface area contributed by atoms with Crippen LogP contribution >= 0.6 is 34.8 Å². The highest BCUT2D eigenvalue weighted by Gasteiger charge is 2.22. The number of pyridine rings is 2. The number of anilines is 4. The molecule has 0 aliphatic carbocycles. The predicted molar refractivity (Wildman–Crippen MR) is 411 cm³/mol. The summed E-state index contributed by atoms with van der Waals surface area (Å²) < 4.78 is 7.53. The van der Waals surface area contributed by atoms with Gasteiger partial charge in [-0.05, 0) is 115 Å². The second-order valence-electron chi connectivity index (χ2n) is 23.2. The van der Waals surface area contributed by atoms with E-state index in [2.05, 4.69) is 70.9 Å². The molecule has 0 fully saturated rings. The first kappa shape index (κ1) is 69.2. The summed E-state index contributed by atoms with van der Waals surface area (Å²) in [5, 5.41) is 12.4. The summed E-state index contributed by atoms with van der Waals surface area (Å²) in [6.45, 7) is 14.5. The number of allylic oxidation sites excluding steroid dienone is 3. The summed E-state index contributed by atoms with van der Waals surface area (Å²) >= 11 is 17.6. The van der Waals surface area contributed by atoms with Crippen molar-refractivity contribution in [3.63, 3.8) is 0 Å². The number of hydrogen-bond donors (Lipinski definition) is 4. The lowest BCUT2D eigenvalue weighted by molar-refractivity contribution is -0.117. The normalized spacial score (nSPS) is 12.4. The minimum atomic E-state index is -0.214. The van der Waals surface area contributed by atoms with Crippen molar-refractivity contribution in [2.24, 2.45) is 15.0 Å². The van der Waals surface area contributed by atoms with Gasteiger partial charge in [-0.1, -0.05) is 132 Å². The third-order valence-corrected chi connectivity index (χ3v) is 16.9. The van der Waals surface area contributed by atoms with E-state index in [1.54, 1.807) is 66.7 Å². The van der Waals surface area contributed by atoms with E-state index in [9.17, 15) is 19.2 Å². The largest absolute Gasteiger partial charge is 0.325 e. The smallest absolute Gasteiger partial charge is 0.244 e. The highest BCUT2D eigenvalue weighted by atomic mass is 35.5. The van der Waals surface area contributed by atoms with Gasteiger partial charge in [-0.15, -0.1) is 0 Å². The summed E-state index contributed by atoms with van der Waals surface area (Å²) in [7, 11) is 0. The van der Waals surface area contributed by atoms with Crippen molar-refractivity contribution in [1.29, 1.82) is 0 Å². The Morgan fingerprint density at radius 1 is 0.385 bits per heavy atom. The number of para-hydroxylation sites is 8. The zero-order valence-corrected chi connectivity index (χ0v) is 57.3. The van der Waals surface area contributed by atoms with Crippen molar-refractivity contribution in [2.45, 2.75) is 45.4 Å².